The van der Waals surface area contributed by atoms with Gasteiger partial charge in [-0.15, -0.1) is 0 Å². The summed E-state index contributed by atoms with van der Waals surface area (Å²) >= 11 is 5.88. The van der Waals surface area contributed by atoms with Crippen LogP contribution >= 0.6 is 11.6 Å². The fourth-order valence-electron chi connectivity index (χ4n) is 3.51. The molecule has 0 saturated heterocycles. The number of aryl methyl sites for hydroxylation is 1. The van der Waals surface area contributed by atoms with Gasteiger partial charge in [0.1, 0.15) is 5.75 Å². The maximum absolute atomic E-state index is 15.1. The number of hydrogen-bond donors (Lipinski definition) is 2. The Morgan fingerprint density at radius 1 is 1.12 bits per heavy atom. The molecule has 2 aromatic carbocycles. The number of pyridine rings is 1. The Hall–Kier alpha value is -2.62. The number of rotatable bonds is 7. The van der Waals surface area contributed by atoms with Gasteiger partial charge in [-0.3, -0.25) is 4.98 Å². The van der Waals surface area contributed by atoms with Gasteiger partial charge in [0.25, 0.3) is 0 Å². The molecular formula is C22H21ClF4N2O3. The lowest BCUT2D eigenvalue weighted by Crippen LogP contribution is -2.56. The smallest absolute Gasteiger partial charge is 0.421 e. The third-order valence-corrected chi connectivity index (χ3v) is 5.40. The molecule has 32 heavy (non-hydrogen) atoms. The van der Waals surface area contributed by atoms with E-state index < -0.39 is 40.8 Å². The van der Waals surface area contributed by atoms with Crippen LogP contribution in [0.25, 0.3) is 10.9 Å². The van der Waals surface area contributed by atoms with E-state index in [0.29, 0.717) is 16.6 Å². The van der Waals surface area contributed by atoms with Crippen LogP contribution in [-0.4, -0.2) is 42.7 Å². The molecule has 1 heterocycles. The van der Waals surface area contributed by atoms with Crippen molar-refractivity contribution in [2.75, 3.05) is 26.1 Å². The summed E-state index contributed by atoms with van der Waals surface area (Å²) in [5.41, 5.74) is -2.72. The highest BCUT2D eigenvalue weighted by molar-refractivity contribution is 6.30. The maximum Gasteiger partial charge on any atom is 0.421 e. The number of alkyl halides is 3. The topological polar surface area (TPSA) is 63.6 Å². The Balaban J connectivity index is 2.29. The van der Waals surface area contributed by atoms with Gasteiger partial charge in [-0.1, -0.05) is 17.7 Å². The molecule has 3 rings (SSSR count). The first-order valence-corrected chi connectivity index (χ1v) is 9.84. The van der Waals surface area contributed by atoms with E-state index in [0.717, 1.165) is 13.2 Å². The number of aliphatic hydroxyl groups is 1. The summed E-state index contributed by atoms with van der Waals surface area (Å²) in [5, 5.41) is 13.6. The Bertz CT molecular complexity index is 1130. The summed E-state index contributed by atoms with van der Waals surface area (Å²) in [6.45, 7) is 0.598. The predicted molar refractivity (Wildman–Crippen MR) is 114 cm³/mol. The van der Waals surface area contributed by atoms with Gasteiger partial charge in [0, 0.05) is 23.9 Å². The molecule has 0 fully saturated rings. The fraction of sp³-hybridized carbons (Fsp3) is 0.318. The van der Waals surface area contributed by atoms with Crippen LogP contribution in [0, 0.1) is 12.7 Å². The summed E-state index contributed by atoms with van der Waals surface area (Å²) < 4.78 is 67.5. The standard InChI is InChI=1S/C22H21ClF4N2O3/c1-12-7-8-13-15(28-12)5-4-6-16(13)29-20(21(30,11-31-2)22(25,26)27)18-17(32-3)10-9-14(23)19(18)24/h4-10,20,29-30H,11H2,1-3H3. The fourth-order valence-corrected chi connectivity index (χ4v) is 3.68. The monoisotopic (exact) mass is 472 g/mol. The van der Waals surface area contributed by atoms with Crippen LogP contribution in [0.3, 0.4) is 0 Å². The summed E-state index contributed by atoms with van der Waals surface area (Å²) in [4.78, 5) is 4.36. The summed E-state index contributed by atoms with van der Waals surface area (Å²) in [6.07, 6.45) is -5.21. The lowest BCUT2D eigenvalue weighted by molar-refractivity contribution is -0.279. The van der Waals surface area contributed by atoms with E-state index in [1.807, 2.05) is 0 Å². The minimum absolute atomic E-state index is 0.195. The normalized spacial score (nSPS) is 14.8. The van der Waals surface area contributed by atoms with Crippen molar-refractivity contribution < 1.29 is 32.1 Å². The zero-order chi connectivity index (χ0) is 23.7. The Morgan fingerprint density at radius 2 is 1.84 bits per heavy atom. The van der Waals surface area contributed by atoms with Gasteiger partial charge in [-0.25, -0.2) is 4.39 Å². The Morgan fingerprint density at radius 3 is 2.47 bits per heavy atom. The molecule has 0 aliphatic carbocycles. The number of halogens is 5. The zero-order valence-corrected chi connectivity index (χ0v) is 18.2. The first-order valence-electron chi connectivity index (χ1n) is 9.46. The molecule has 5 nitrogen and oxygen atoms in total. The number of nitrogens with one attached hydrogen (secondary N) is 1. The lowest BCUT2D eigenvalue weighted by atomic mass is 9.86. The highest BCUT2D eigenvalue weighted by Crippen LogP contribution is 2.47. The molecule has 2 unspecified atom stereocenters. The second kappa shape index (κ2) is 9.09. The molecule has 0 amide bonds. The molecule has 10 heteroatoms. The van der Waals surface area contributed by atoms with Crippen LogP contribution in [0.4, 0.5) is 23.2 Å². The molecule has 2 N–H and O–H groups in total. The van der Waals surface area contributed by atoms with E-state index in [9.17, 15) is 18.3 Å². The predicted octanol–water partition coefficient (Wildman–Crippen LogP) is 5.44. The number of aromatic nitrogens is 1. The molecule has 172 valence electrons. The SMILES string of the molecule is COCC(O)(C(Nc1cccc2nc(C)ccc12)c1c(OC)ccc(Cl)c1F)C(F)(F)F. The highest BCUT2D eigenvalue weighted by atomic mass is 35.5. The number of methoxy groups -OCH3 is 2. The summed E-state index contributed by atoms with van der Waals surface area (Å²) in [6, 6.07) is 8.45. The van der Waals surface area contributed by atoms with Gasteiger partial charge < -0.3 is 19.9 Å². The largest absolute Gasteiger partial charge is 0.496 e. The summed E-state index contributed by atoms with van der Waals surface area (Å²) in [7, 11) is 2.18. The van der Waals surface area contributed by atoms with Gasteiger partial charge >= 0.3 is 6.18 Å². The molecule has 2 atom stereocenters. The molecule has 0 aliphatic heterocycles. The van der Waals surface area contributed by atoms with Crippen molar-refractivity contribution in [3.8, 4) is 5.75 Å². The number of hydrogen-bond acceptors (Lipinski definition) is 5. The van der Waals surface area contributed by atoms with E-state index in [4.69, 9.17) is 21.1 Å². The quantitative estimate of drug-likeness (QED) is 0.448. The number of ether oxygens (including phenoxy) is 2. The van der Waals surface area contributed by atoms with E-state index >= 15 is 4.39 Å². The number of nitrogens with zero attached hydrogens (tertiary/aromatic N) is 1. The van der Waals surface area contributed by atoms with Gasteiger partial charge in [0.05, 0.1) is 35.9 Å². The van der Waals surface area contributed by atoms with Crippen LogP contribution in [0.15, 0.2) is 42.5 Å². The Kier molecular flexibility index (Phi) is 6.83. The molecule has 0 bridgehead atoms. The van der Waals surface area contributed by atoms with E-state index in [2.05, 4.69) is 10.3 Å². The first-order chi connectivity index (χ1) is 15.0. The van der Waals surface area contributed by atoms with Crippen molar-refractivity contribution >= 4 is 28.2 Å². The van der Waals surface area contributed by atoms with Crippen LogP contribution < -0.4 is 10.1 Å². The summed E-state index contributed by atoms with van der Waals surface area (Å²) in [5.74, 6) is -1.38. The average Bonchev–Trinajstić information content (AvgIpc) is 2.73. The molecule has 0 spiro atoms. The van der Waals surface area contributed by atoms with Gasteiger partial charge in [0.2, 0.25) is 5.60 Å². The van der Waals surface area contributed by atoms with Crippen molar-refractivity contribution in [2.24, 2.45) is 0 Å². The van der Waals surface area contributed by atoms with Gasteiger partial charge in [-0.05, 0) is 43.3 Å². The maximum atomic E-state index is 15.1. The van der Waals surface area contributed by atoms with Crippen LogP contribution in [0.2, 0.25) is 5.02 Å². The van der Waals surface area contributed by atoms with Crippen molar-refractivity contribution in [3.05, 3.63) is 64.6 Å². The number of fused-ring (bicyclic) bond motifs is 1. The Labute approximate surface area is 186 Å². The van der Waals surface area contributed by atoms with Gasteiger partial charge in [-0.2, -0.15) is 13.2 Å². The molecule has 0 aliphatic rings. The van der Waals surface area contributed by atoms with Gasteiger partial charge in [0.15, 0.2) is 5.82 Å². The highest BCUT2D eigenvalue weighted by Gasteiger charge is 2.60. The lowest BCUT2D eigenvalue weighted by Gasteiger charge is -2.39. The van der Waals surface area contributed by atoms with Crippen LogP contribution in [-0.2, 0) is 4.74 Å². The van der Waals surface area contributed by atoms with E-state index in [-0.39, 0.29) is 11.4 Å². The van der Waals surface area contributed by atoms with Crippen molar-refractivity contribution in [2.45, 2.75) is 24.7 Å². The van der Waals surface area contributed by atoms with E-state index in [1.54, 1.807) is 31.2 Å². The third-order valence-electron chi connectivity index (χ3n) is 5.11. The molecule has 0 radical (unpaired) electrons. The average molecular weight is 473 g/mol. The van der Waals surface area contributed by atoms with Crippen LogP contribution in [0.5, 0.6) is 5.75 Å². The van der Waals surface area contributed by atoms with Crippen molar-refractivity contribution in [1.29, 1.82) is 0 Å². The van der Waals surface area contributed by atoms with Crippen molar-refractivity contribution in [3.63, 3.8) is 0 Å². The minimum Gasteiger partial charge on any atom is -0.496 e. The second-order valence-electron chi connectivity index (χ2n) is 7.23. The number of benzene rings is 2. The zero-order valence-electron chi connectivity index (χ0n) is 17.4. The second-order valence-corrected chi connectivity index (χ2v) is 7.64. The molecular weight excluding hydrogens is 452 g/mol. The molecule has 0 saturated carbocycles. The number of anilines is 1. The van der Waals surface area contributed by atoms with Crippen LogP contribution in [0.1, 0.15) is 17.3 Å². The molecule has 3 aromatic rings. The first kappa shape index (κ1) is 24.0. The van der Waals surface area contributed by atoms with Crippen molar-refractivity contribution in [1.82, 2.24) is 4.98 Å². The molecule has 1 aromatic heterocycles. The third kappa shape index (κ3) is 4.32. The minimum atomic E-state index is -5.21. The van der Waals surface area contributed by atoms with E-state index in [1.165, 1.54) is 19.2 Å².